The lowest BCUT2D eigenvalue weighted by Crippen LogP contribution is -2.03. The summed E-state index contributed by atoms with van der Waals surface area (Å²) in [6.45, 7) is 3.60. The number of benzene rings is 1. The van der Waals surface area contributed by atoms with Crippen molar-refractivity contribution in [2.45, 2.75) is 32.6 Å². The van der Waals surface area contributed by atoms with Crippen molar-refractivity contribution < 1.29 is 4.39 Å². The van der Waals surface area contributed by atoms with Crippen LogP contribution in [0.5, 0.6) is 0 Å². The van der Waals surface area contributed by atoms with E-state index >= 15 is 0 Å². The Hall–Kier alpha value is -1.68. The highest BCUT2D eigenvalue weighted by Crippen LogP contribution is 2.39. The molecule has 1 N–H and O–H groups in total. The minimum Gasteiger partial charge on any atom is -0.340 e. The first-order chi connectivity index (χ1) is 9.54. The Morgan fingerprint density at radius 1 is 1.25 bits per heavy atom. The van der Waals surface area contributed by atoms with Gasteiger partial charge in [0.15, 0.2) is 0 Å². The van der Waals surface area contributed by atoms with Crippen molar-refractivity contribution in [1.29, 1.82) is 0 Å². The maximum Gasteiger partial charge on any atom is 0.138 e. The lowest BCUT2D eigenvalue weighted by atomic mass is 10.2. The second kappa shape index (κ2) is 5.02. The molecule has 1 saturated carbocycles. The molecule has 1 aliphatic carbocycles. The molecule has 5 heteroatoms. The van der Waals surface area contributed by atoms with E-state index in [4.69, 9.17) is 11.6 Å². The highest BCUT2D eigenvalue weighted by molar-refractivity contribution is 6.30. The van der Waals surface area contributed by atoms with Gasteiger partial charge < -0.3 is 5.32 Å². The summed E-state index contributed by atoms with van der Waals surface area (Å²) < 4.78 is 13.3. The summed E-state index contributed by atoms with van der Waals surface area (Å²) in [5.41, 5.74) is 2.19. The SMILES string of the molecule is Cc1cc(Nc2nc(C3CC3)nc(Cl)c2C)ccc1F. The average Bonchev–Trinajstić information content (AvgIpc) is 3.23. The van der Waals surface area contributed by atoms with Crippen LogP contribution in [0.1, 0.15) is 35.7 Å². The third-order valence-electron chi connectivity index (χ3n) is 3.47. The zero-order chi connectivity index (χ0) is 14.3. The molecule has 0 atom stereocenters. The molecule has 1 aromatic heterocycles. The van der Waals surface area contributed by atoms with Gasteiger partial charge in [0.2, 0.25) is 0 Å². The highest BCUT2D eigenvalue weighted by Gasteiger charge is 2.28. The van der Waals surface area contributed by atoms with Crippen LogP contribution in [0, 0.1) is 19.7 Å². The first-order valence-electron chi connectivity index (χ1n) is 6.62. The van der Waals surface area contributed by atoms with E-state index in [2.05, 4.69) is 15.3 Å². The number of nitrogens with one attached hydrogen (secondary N) is 1. The minimum absolute atomic E-state index is 0.216. The number of hydrogen-bond donors (Lipinski definition) is 1. The van der Waals surface area contributed by atoms with Crippen LogP contribution in [0.15, 0.2) is 18.2 Å². The van der Waals surface area contributed by atoms with Gasteiger partial charge in [0, 0.05) is 17.2 Å². The molecule has 20 heavy (non-hydrogen) atoms. The summed E-state index contributed by atoms with van der Waals surface area (Å²) >= 11 is 6.16. The predicted molar refractivity (Wildman–Crippen MR) is 78.2 cm³/mol. The fraction of sp³-hybridized carbons (Fsp3) is 0.333. The van der Waals surface area contributed by atoms with Gasteiger partial charge in [0.05, 0.1) is 0 Å². The van der Waals surface area contributed by atoms with E-state index in [-0.39, 0.29) is 5.82 Å². The Labute approximate surface area is 122 Å². The fourth-order valence-corrected chi connectivity index (χ4v) is 2.19. The summed E-state index contributed by atoms with van der Waals surface area (Å²) in [6, 6.07) is 4.88. The highest BCUT2D eigenvalue weighted by atomic mass is 35.5. The maximum atomic E-state index is 13.3. The van der Waals surface area contributed by atoms with Crippen molar-refractivity contribution in [3.05, 3.63) is 46.1 Å². The minimum atomic E-state index is -0.216. The van der Waals surface area contributed by atoms with Gasteiger partial charge in [-0.15, -0.1) is 0 Å². The number of rotatable bonds is 3. The molecule has 0 aliphatic heterocycles. The molecule has 3 rings (SSSR count). The van der Waals surface area contributed by atoms with Crippen molar-refractivity contribution >= 4 is 23.1 Å². The zero-order valence-corrected chi connectivity index (χ0v) is 12.1. The van der Waals surface area contributed by atoms with Crippen molar-refractivity contribution in [3.8, 4) is 0 Å². The Kier molecular flexibility index (Phi) is 3.34. The molecule has 0 spiro atoms. The predicted octanol–water partition coefficient (Wildman–Crippen LogP) is 4.51. The standard InChI is InChI=1S/C15H15ClFN3/c1-8-7-11(5-6-12(8)17)18-14-9(2)13(16)19-15(20-14)10-3-4-10/h5-7,10H,3-4H2,1-2H3,(H,18,19,20). The number of halogens is 2. The van der Waals surface area contributed by atoms with Crippen LogP contribution >= 0.6 is 11.6 Å². The van der Waals surface area contributed by atoms with E-state index in [0.29, 0.717) is 22.5 Å². The van der Waals surface area contributed by atoms with Crippen LogP contribution in [0.3, 0.4) is 0 Å². The quantitative estimate of drug-likeness (QED) is 0.846. The Morgan fingerprint density at radius 3 is 2.65 bits per heavy atom. The van der Waals surface area contributed by atoms with Crippen LogP contribution in [0.2, 0.25) is 5.15 Å². The smallest absolute Gasteiger partial charge is 0.138 e. The third-order valence-corrected chi connectivity index (χ3v) is 3.83. The maximum absolute atomic E-state index is 13.3. The van der Waals surface area contributed by atoms with Crippen molar-refractivity contribution in [2.75, 3.05) is 5.32 Å². The van der Waals surface area contributed by atoms with Crippen LogP contribution in [0.4, 0.5) is 15.9 Å². The van der Waals surface area contributed by atoms with Crippen molar-refractivity contribution in [2.24, 2.45) is 0 Å². The van der Waals surface area contributed by atoms with Gasteiger partial charge in [0.1, 0.15) is 22.6 Å². The molecule has 2 aromatic rings. The number of nitrogens with zero attached hydrogens (tertiary/aromatic N) is 2. The molecule has 0 amide bonds. The molecule has 1 heterocycles. The normalized spacial score (nSPS) is 14.4. The second-order valence-corrected chi connectivity index (χ2v) is 5.57. The van der Waals surface area contributed by atoms with Gasteiger partial charge >= 0.3 is 0 Å². The van der Waals surface area contributed by atoms with Gasteiger partial charge in [-0.25, -0.2) is 14.4 Å². The Morgan fingerprint density at radius 2 is 2.00 bits per heavy atom. The van der Waals surface area contributed by atoms with Gasteiger partial charge in [-0.3, -0.25) is 0 Å². The largest absolute Gasteiger partial charge is 0.340 e. The topological polar surface area (TPSA) is 37.8 Å². The van der Waals surface area contributed by atoms with E-state index in [1.807, 2.05) is 6.92 Å². The summed E-state index contributed by atoms with van der Waals surface area (Å²) in [4.78, 5) is 8.87. The molecule has 1 aromatic carbocycles. The summed E-state index contributed by atoms with van der Waals surface area (Å²) in [5.74, 6) is 1.70. The van der Waals surface area contributed by atoms with Crippen molar-refractivity contribution in [3.63, 3.8) is 0 Å². The summed E-state index contributed by atoms with van der Waals surface area (Å²) in [5, 5.41) is 3.68. The van der Waals surface area contributed by atoms with E-state index in [0.717, 1.165) is 29.9 Å². The molecule has 3 nitrogen and oxygen atoms in total. The Bertz CT molecular complexity index is 668. The Balaban J connectivity index is 1.94. The van der Waals surface area contributed by atoms with E-state index in [1.54, 1.807) is 19.1 Å². The summed E-state index contributed by atoms with van der Waals surface area (Å²) in [7, 11) is 0. The third kappa shape index (κ3) is 2.61. The molecule has 0 bridgehead atoms. The molecule has 0 unspecified atom stereocenters. The van der Waals surface area contributed by atoms with Gasteiger partial charge in [0.25, 0.3) is 0 Å². The van der Waals surface area contributed by atoms with E-state index < -0.39 is 0 Å². The van der Waals surface area contributed by atoms with Gasteiger partial charge in [-0.2, -0.15) is 0 Å². The first kappa shape index (κ1) is 13.3. The van der Waals surface area contributed by atoms with Crippen LogP contribution < -0.4 is 5.32 Å². The fourth-order valence-electron chi connectivity index (χ4n) is 2.01. The monoisotopic (exact) mass is 291 g/mol. The number of hydrogen-bond acceptors (Lipinski definition) is 3. The number of aromatic nitrogens is 2. The molecular weight excluding hydrogens is 277 g/mol. The van der Waals surface area contributed by atoms with Crippen molar-refractivity contribution in [1.82, 2.24) is 9.97 Å². The van der Waals surface area contributed by atoms with E-state index in [1.165, 1.54) is 6.07 Å². The molecule has 0 saturated heterocycles. The molecule has 104 valence electrons. The lowest BCUT2D eigenvalue weighted by Gasteiger charge is -2.12. The molecular formula is C15H15ClFN3. The molecule has 1 aliphatic rings. The van der Waals surface area contributed by atoms with Crippen LogP contribution in [0.25, 0.3) is 0 Å². The molecule has 0 radical (unpaired) electrons. The second-order valence-electron chi connectivity index (χ2n) is 5.21. The van der Waals surface area contributed by atoms with Gasteiger partial charge in [-0.1, -0.05) is 11.6 Å². The first-order valence-corrected chi connectivity index (χ1v) is 6.99. The van der Waals surface area contributed by atoms with E-state index in [9.17, 15) is 4.39 Å². The van der Waals surface area contributed by atoms with Crippen LogP contribution in [-0.4, -0.2) is 9.97 Å². The lowest BCUT2D eigenvalue weighted by molar-refractivity contribution is 0.619. The number of anilines is 2. The number of aryl methyl sites for hydroxylation is 1. The van der Waals surface area contributed by atoms with Crippen LogP contribution in [-0.2, 0) is 0 Å². The zero-order valence-electron chi connectivity index (χ0n) is 11.4. The van der Waals surface area contributed by atoms with Gasteiger partial charge in [-0.05, 0) is 50.5 Å². The summed E-state index contributed by atoms with van der Waals surface area (Å²) in [6.07, 6.45) is 2.24. The molecule has 1 fully saturated rings. The average molecular weight is 292 g/mol.